The third-order valence-electron chi connectivity index (χ3n) is 3.12. The monoisotopic (exact) mass is 293 g/mol. The number of ether oxygens (including phenoxy) is 1. The molecule has 2 N–H and O–H groups in total. The molecule has 0 aliphatic carbocycles. The first-order chi connectivity index (χ1) is 9.83. The fourth-order valence-electron chi connectivity index (χ4n) is 1.94. The summed E-state index contributed by atoms with van der Waals surface area (Å²) in [5, 5.41) is 8.37. The largest absolute Gasteiger partial charge is 0.376 e. The zero-order valence-electron chi connectivity index (χ0n) is 13.3. The summed E-state index contributed by atoms with van der Waals surface area (Å²) < 4.78 is 12.6. The van der Waals surface area contributed by atoms with Crippen molar-refractivity contribution in [3.63, 3.8) is 0 Å². The highest BCUT2D eigenvalue weighted by atomic mass is 16.5. The van der Waals surface area contributed by atoms with Gasteiger partial charge in [0.15, 0.2) is 5.82 Å². The molecule has 2 aromatic rings. The van der Waals surface area contributed by atoms with Crippen LogP contribution in [0.1, 0.15) is 39.2 Å². The van der Waals surface area contributed by atoms with Crippen LogP contribution < -0.4 is 5.73 Å². The summed E-state index contributed by atoms with van der Waals surface area (Å²) >= 11 is 0. The molecule has 0 aliphatic heterocycles. The minimum absolute atomic E-state index is 0.101. The van der Waals surface area contributed by atoms with Gasteiger partial charge in [0.1, 0.15) is 5.54 Å². The van der Waals surface area contributed by atoms with Crippen LogP contribution in [0.4, 0.5) is 0 Å². The molecule has 2 aromatic heterocycles. The molecule has 0 aromatic carbocycles. The Bertz CT molecular complexity index is 600. The average Bonchev–Trinajstić information content (AvgIpc) is 3.02. The zero-order chi connectivity index (χ0) is 15.6. The van der Waals surface area contributed by atoms with Crippen LogP contribution in [0.15, 0.2) is 10.7 Å². The molecular formula is C14H23N5O2. The Morgan fingerprint density at radius 1 is 1.48 bits per heavy atom. The summed E-state index contributed by atoms with van der Waals surface area (Å²) in [4.78, 5) is 4.42. The van der Waals surface area contributed by atoms with E-state index in [1.807, 2.05) is 40.9 Å². The molecule has 1 atom stereocenters. The van der Waals surface area contributed by atoms with Crippen LogP contribution in [0, 0.1) is 0 Å². The summed E-state index contributed by atoms with van der Waals surface area (Å²) in [6, 6.07) is 0. The van der Waals surface area contributed by atoms with E-state index in [9.17, 15) is 0 Å². The molecule has 1 unspecified atom stereocenters. The van der Waals surface area contributed by atoms with Crippen molar-refractivity contribution < 1.29 is 9.26 Å². The minimum atomic E-state index is -0.791. The highest BCUT2D eigenvalue weighted by molar-refractivity contribution is 5.55. The molecule has 2 rings (SSSR count). The van der Waals surface area contributed by atoms with Crippen molar-refractivity contribution in [3.05, 3.63) is 17.7 Å². The Morgan fingerprint density at radius 2 is 2.19 bits per heavy atom. The van der Waals surface area contributed by atoms with Gasteiger partial charge in [0.25, 0.3) is 5.89 Å². The molecule has 0 radical (unpaired) electrons. The molecule has 0 saturated carbocycles. The molecule has 0 spiro atoms. The summed E-state index contributed by atoms with van der Waals surface area (Å²) in [6.45, 7) is 8.11. The Morgan fingerprint density at radius 3 is 2.81 bits per heavy atom. The van der Waals surface area contributed by atoms with Gasteiger partial charge in [0.05, 0.1) is 24.0 Å². The second-order valence-corrected chi connectivity index (χ2v) is 5.72. The van der Waals surface area contributed by atoms with Crippen LogP contribution in [-0.4, -0.2) is 32.6 Å². The average molecular weight is 293 g/mol. The maximum Gasteiger partial charge on any atom is 0.261 e. The fraction of sp³-hybridized carbons (Fsp3) is 0.643. The van der Waals surface area contributed by atoms with Gasteiger partial charge >= 0.3 is 0 Å². The maximum absolute atomic E-state index is 6.22. The number of aromatic nitrogens is 4. The van der Waals surface area contributed by atoms with Gasteiger partial charge in [-0.2, -0.15) is 10.1 Å². The SMILES string of the molecule is CCc1nn(C)cc1-c1nc(C(C)(N)COC(C)C)no1. The quantitative estimate of drug-likeness (QED) is 0.870. The third kappa shape index (κ3) is 3.48. The number of hydrogen-bond acceptors (Lipinski definition) is 6. The van der Waals surface area contributed by atoms with Gasteiger partial charge in [-0.05, 0) is 27.2 Å². The molecule has 7 heteroatoms. The zero-order valence-corrected chi connectivity index (χ0v) is 13.3. The highest BCUT2D eigenvalue weighted by Gasteiger charge is 2.29. The molecular weight excluding hydrogens is 270 g/mol. The lowest BCUT2D eigenvalue weighted by molar-refractivity contribution is 0.0410. The van der Waals surface area contributed by atoms with Gasteiger partial charge in [0, 0.05) is 13.2 Å². The third-order valence-corrected chi connectivity index (χ3v) is 3.12. The fourth-order valence-corrected chi connectivity index (χ4v) is 1.94. The first kappa shape index (κ1) is 15.7. The van der Waals surface area contributed by atoms with Gasteiger partial charge in [0.2, 0.25) is 0 Å². The van der Waals surface area contributed by atoms with E-state index in [2.05, 4.69) is 15.2 Å². The Kier molecular flexibility index (Phi) is 4.43. The van der Waals surface area contributed by atoms with E-state index in [-0.39, 0.29) is 6.10 Å². The number of nitrogens with two attached hydrogens (primary N) is 1. The normalized spacial score (nSPS) is 14.6. The van der Waals surface area contributed by atoms with E-state index >= 15 is 0 Å². The molecule has 0 fully saturated rings. The molecule has 0 aliphatic rings. The van der Waals surface area contributed by atoms with Crippen LogP contribution in [0.2, 0.25) is 0 Å². The first-order valence-corrected chi connectivity index (χ1v) is 7.11. The van der Waals surface area contributed by atoms with Gasteiger partial charge < -0.3 is 15.0 Å². The van der Waals surface area contributed by atoms with Crippen LogP contribution in [0.3, 0.4) is 0 Å². The number of nitrogens with zero attached hydrogens (tertiary/aromatic N) is 4. The number of rotatable bonds is 6. The van der Waals surface area contributed by atoms with E-state index in [0.29, 0.717) is 18.3 Å². The second kappa shape index (κ2) is 5.95. The molecule has 0 amide bonds. The molecule has 7 nitrogen and oxygen atoms in total. The lowest BCUT2D eigenvalue weighted by Crippen LogP contribution is -2.40. The first-order valence-electron chi connectivity index (χ1n) is 7.11. The summed E-state index contributed by atoms with van der Waals surface area (Å²) in [5.74, 6) is 0.875. The minimum Gasteiger partial charge on any atom is -0.376 e. The van der Waals surface area contributed by atoms with E-state index in [4.69, 9.17) is 15.0 Å². The molecule has 116 valence electrons. The molecule has 2 heterocycles. The lowest BCUT2D eigenvalue weighted by Gasteiger charge is -2.21. The van der Waals surface area contributed by atoms with Crippen LogP contribution >= 0.6 is 0 Å². The van der Waals surface area contributed by atoms with Gasteiger partial charge in [-0.1, -0.05) is 12.1 Å². The van der Waals surface area contributed by atoms with Gasteiger partial charge in [-0.15, -0.1) is 0 Å². The topological polar surface area (TPSA) is 92.0 Å². The van der Waals surface area contributed by atoms with E-state index in [1.54, 1.807) is 4.68 Å². The van der Waals surface area contributed by atoms with Crippen molar-refractivity contribution in [2.75, 3.05) is 6.61 Å². The summed E-state index contributed by atoms with van der Waals surface area (Å²) in [5.41, 5.74) is 7.20. The van der Waals surface area contributed by atoms with E-state index < -0.39 is 5.54 Å². The summed E-state index contributed by atoms with van der Waals surface area (Å²) in [6.07, 6.45) is 2.77. The van der Waals surface area contributed by atoms with Crippen molar-refractivity contribution >= 4 is 0 Å². The number of aryl methyl sites for hydroxylation is 2. The molecule has 0 saturated heterocycles. The Balaban J connectivity index is 2.24. The van der Waals surface area contributed by atoms with Crippen molar-refractivity contribution in [1.29, 1.82) is 0 Å². The van der Waals surface area contributed by atoms with E-state index in [0.717, 1.165) is 17.7 Å². The predicted molar refractivity (Wildman–Crippen MR) is 78.5 cm³/mol. The van der Waals surface area contributed by atoms with Crippen molar-refractivity contribution in [2.24, 2.45) is 12.8 Å². The maximum atomic E-state index is 6.22. The highest BCUT2D eigenvalue weighted by Crippen LogP contribution is 2.24. The van der Waals surface area contributed by atoms with Crippen molar-refractivity contribution in [2.45, 2.75) is 45.8 Å². The Hall–Kier alpha value is -1.73. The smallest absolute Gasteiger partial charge is 0.261 e. The summed E-state index contributed by atoms with van der Waals surface area (Å²) in [7, 11) is 1.86. The Labute approximate surface area is 124 Å². The van der Waals surface area contributed by atoms with Crippen molar-refractivity contribution in [1.82, 2.24) is 19.9 Å². The van der Waals surface area contributed by atoms with Crippen molar-refractivity contribution in [3.8, 4) is 11.5 Å². The predicted octanol–water partition coefficient (Wildman–Crippen LogP) is 1.63. The van der Waals surface area contributed by atoms with Crippen LogP contribution in [-0.2, 0) is 23.7 Å². The molecule has 21 heavy (non-hydrogen) atoms. The van der Waals surface area contributed by atoms with Gasteiger partial charge in [-0.25, -0.2) is 0 Å². The number of hydrogen-bond donors (Lipinski definition) is 1. The second-order valence-electron chi connectivity index (χ2n) is 5.72. The van der Waals surface area contributed by atoms with E-state index in [1.165, 1.54) is 0 Å². The van der Waals surface area contributed by atoms with Crippen LogP contribution in [0.25, 0.3) is 11.5 Å². The lowest BCUT2D eigenvalue weighted by atomic mass is 10.1. The van der Waals surface area contributed by atoms with Gasteiger partial charge in [-0.3, -0.25) is 4.68 Å². The van der Waals surface area contributed by atoms with Crippen LogP contribution in [0.5, 0.6) is 0 Å². The molecule has 0 bridgehead atoms. The standard InChI is InChI=1S/C14H23N5O2/c1-6-11-10(7-19(5)17-11)12-16-13(18-21-12)14(4,15)8-20-9(2)3/h7,9H,6,8,15H2,1-5H3.